The first kappa shape index (κ1) is 16.4. The third-order valence-corrected chi connectivity index (χ3v) is 3.76. The molecule has 0 aliphatic heterocycles. The Kier molecular flexibility index (Phi) is 4.71. The molecule has 0 fully saturated rings. The van der Waals surface area contributed by atoms with Crippen LogP contribution < -0.4 is 0 Å². The van der Waals surface area contributed by atoms with Gasteiger partial charge in [-0.15, -0.1) is 0 Å². The Hall–Kier alpha value is -1.68. The van der Waals surface area contributed by atoms with Gasteiger partial charge in [0.05, 0.1) is 7.11 Å². The highest BCUT2D eigenvalue weighted by atomic mass is 16.5. The van der Waals surface area contributed by atoms with Crippen molar-refractivity contribution in [2.24, 2.45) is 5.41 Å². The summed E-state index contributed by atoms with van der Waals surface area (Å²) in [5.41, 5.74) is -0.511. The summed E-state index contributed by atoms with van der Waals surface area (Å²) >= 11 is 0. The number of ketones is 1. The number of ether oxygens (including phenoxy) is 1. The first-order chi connectivity index (χ1) is 9.12. The van der Waals surface area contributed by atoms with E-state index in [9.17, 15) is 14.7 Å². The van der Waals surface area contributed by atoms with Crippen molar-refractivity contribution in [3.05, 3.63) is 35.5 Å². The number of hydrogen-bond donors (Lipinski definition) is 1. The molecule has 0 aromatic rings. The highest BCUT2D eigenvalue weighted by Crippen LogP contribution is 2.44. The third kappa shape index (κ3) is 3.25. The Morgan fingerprint density at radius 2 is 2.05 bits per heavy atom. The van der Waals surface area contributed by atoms with Gasteiger partial charge in [-0.25, -0.2) is 4.79 Å². The Labute approximate surface area is 119 Å². The van der Waals surface area contributed by atoms with E-state index in [4.69, 9.17) is 0 Å². The molecule has 4 nitrogen and oxygen atoms in total. The molecule has 0 saturated carbocycles. The molecule has 0 aromatic heterocycles. The zero-order valence-corrected chi connectivity index (χ0v) is 12.7. The zero-order valence-electron chi connectivity index (χ0n) is 12.7. The van der Waals surface area contributed by atoms with Crippen molar-refractivity contribution in [2.45, 2.75) is 39.7 Å². The molecule has 0 spiro atoms. The van der Waals surface area contributed by atoms with Gasteiger partial charge in [0.25, 0.3) is 0 Å². The van der Waals surface area contributed by atoms with Crippen molar-refractivity contribution in [3.8, 4) is 0 Å². The average Bonchev–Trinajstić information content (AvgIpc) is 2.32. The number of esters is 1. The van der Waals surface area contributed by atoms with E-state index in [0.717, 1.165) is 0 Å². The van der Waals surface area contributed by atoms with Crippen LogP contribution in [0.1, 0.15) is 34.1 Å². The van der Waals surface area contributed by atoms with E-state index < -0.39 is 17.0 Å². The van der Waals surface area contributed by atoms with Gasteiger partial charge in [-0.2, -0.15) is 0 Å². The third-order valence-electron chi connectivity index (χ3n) is 3.76. The molecular formula is C16H22O4. The molecular weight excluding hydrogens is 256 g/mol. The quantitative estimate of drug-likeness (QED) is 0.489. The van der Waals surface area contributed by atoms with Gasteiger partial charge in [0.2, 0.25) is 0 Å². The predicted molar refractivity (Wildman–Crippen MR) is 77.0 cm³/mol. The van der Waals surface area contributed by atoms with Gasteiger partial charge in [0, 0.05) is 17.9 Å². The van der Waals surface area contributed by atoms with Crippen molar-refractivity contribution in [2.75, 3.05) is 7.11 Å². The standard InChI is InChI=1S/C16H22O4/c1-11(8-14(18)20-5)6-7-16(19)12(2)9-13(17)10-15(16,3)4/h6-9,19H,10H2,1-5H3/b7-6+,11-8+. The molecule has 1 N–H and O–H groups in total. The normalized spacial score (nSPS) is 26.6. The van der Waals surface area contributed by atoms with Gasteiger partial charge < -0.3 is 9.84 Å². The summed E-state index contributed by atoms with van der Waals surface area (Å²) in [6, 6.07) is 0. The maximum absolute atomic E-state index is 11.6. The molecule has 1 aliphatic carbocycles. The summed E-state index contributed by atoms with van der Waals surface area (Å²) in [4.78, 5) is 22.8. The van der Waals surface area contributed by atoms with Crippen LogP contribution in [0.4, 0.5) is 0 Å². The summed E-state index contributed by atoms with van der Waals surface area (Å²) < 4.78 is 4.55. The predicted octanol–water partition coefficient (Wildman–Crippen LogP) is 2.34. The second-order valence-corrected chi connectivity index (χ2v) is 5.87. The molecule has 1 atom stereocenters. The van der Waals surface area contributed by atoms with Crippen LogP contribution in [0.25, 0.3) is 0 Å². The monoisotopic (exact) mass is 278 g/mol. The van der Waals surface area contributed by atoms with E-state index in [-0.39, 0.29) is 12.2 Å². The van der Waals surface area contributed by atoms with Crippen molar-refractivity contribution < 1.29 is 19.4 Å². The highest BCUT2D eigenvalue weighted by molar-refractivity contribution is 5.92. The Morgan fingerprint density at radius 3 is 2.55 bits per heavy atom. The summed E-state index contributed by atoms with van der Waals surface area (Å²) in [6.45, 7) is 7.19. The van der Waals surface area contributed by atoms with E-state index >= 15 is 0 Å². The molecule has 0 saturated heterocycles. The Morgan fingerprint density at radius 1 is 1.45 bits per heavy atom. The first-order valence-electron chi connectivity index (χ1n) is 6.52. The topological polar surface area (TPSA) is 63.6 Å². The van der Waals surface area contributed by atoms with Crippen LogP contribution in [0.15, 0.2) is 35.5 Å². The average molecular weight is 278 g/mol. The maximum Gasteiger partial charge on any atom is 0.330 e. The van der Waals surface area contributed by atoms with Crippen molar-refractivity contribution >= 4 is 11.8 Å². The van der Waals surface area contributed by atoms with Gasteiger partial charge in [0.15, 0.2) is 5.78 Å². The Bertz CT molecular complexity index is 509. The maximum atomic E-state index is 11.6. The number of carbonyl (C=O) groups is 2. The van der Waals surface area contributed by atoms with E-state index in [1.807, 2.05) is 13.8 Å². The van der Waals surface area contributed by atoms with Gasteiger partial charge in [-0.1, -0.05) is 19.9 Å². The molecule has 20 heavy (non-hydrogen) atoms. The molecule has 1 rings (SSSR count). The molecule has 0 amide bonds. The van der Waals surface area contributed by atoms with Gasteiger partial charge in [-0.3, -0.25) is 4.79 Å². The minimum Gasteiger partial charge on any atom is -0.466 e. The van der Waals surface area contributed by atoms with Crippen LogP contribution >= 0.6 is 0 Å². The van der Waals surface area contributed by atoms with Crippen LogP contribution in [-0.4, -0.2) is 29.6 Å². The van der Waals surface area contributed by atoms with E-state index in [1.54, 1.807) is 26.0 Å². The van der Waals surface area contributed by atoms with Crippen molar-refractivity contribution in [1.82, 2.24) is 0 Å². The minimum atomic E-state index is -1.20. The molecule has 0 aromatic carbocycles. The Balaban J connectivity index is 3.10. The smallest absolute Gasteiger partial charge is 0.330 e. The summed E-state index contributed by atoms with van der Waals surface area (Å²) in [5, 5.41) is 10.9. The second-order valence-electron chi connectivity index (χ2n) is 5.87. The summed E-state index contributed by atoms with van der Waals surface area (Å²) in [7, 11) is 1.31. The molecule has 0 bridgehead atoms. The molecule has 1 aliphatic rings. The number of methoxy groups -OCH3 is 1. The number of hydrogen-bond acceptors (Lipinski definition) is 4. The minimum absolute atomic E-state index is 0.0207. The first-order valence-corrected chi connectivity index (χ1v) is 6.52. The fourth-order valence-electron chi connectivity index (χ4n) is 2.41. The highest BCUT2D eigenvalue weighted by Gasteiger charge is 2.46. The largest absolute Gasteiger partial charge is 0.466 e. The van der Waals surface area contributed by atoms with E-state index in [1.165, 1.54) is 19.3 Å². The van der Waals surface area contributed by atoms with Crippen LogP contribution in [0, 0.1) is 5.41 Å². The van der Waals surface area contributed by atoms with Gasteiger partial charge >= 0.3 is 5.97 Å². The van der Waals surface area contributed by atoms with Crippen LogP contribution in [-0.2, 0) is 14.3 Å². The number of rotatable bonds is 3. The van der Waals surface area contributed by atoms with Gasteiger partial charge in [0.1, 0.15) is 5.60 Å². The number of allylic oxidation sites excluding steroid dienone is 3. The van der Waals surface area contributed by atoms with Crippen LogP contribution in [0.3, 0.4) is 0 Å². The lowest BCUT2D eigenvalue weighted by Gasteiger charge is -2.43. The van der Waals surface area contributed by atoms with Crippen molar-refractivity contribution in [3.63, 3.8) is 0 Å². The molecule has 110 valence electrons. The second kappa shape index (κ2) is 5.75. The van der Waals surface area contributed by atoms with E-state index in [0.29, 0.717) is 11.1 Å². The molecule has 1 unspecified atom stereocenters. The van der Waals surface area contributed by atoms with E-state index in [2.05, 4.69) is 4.74 Å². The van der Waals surface area contributed by atoms with Crippen LogP contribution in [0.2, 0.25) is 0 Å². The SMILES string of the molecule is COC(=O)/C=C(C)/C=C/C1(O)C(C)=CC(=O)CC1(C)C. The van der Waals surface area contributed by atoms with Gasteiger partial charge in [-0.05, 0) is 37.1 Å². The summed E-state index contributed by atoms with van der Waals surface area (Å²) in [6.07, 6.45) is 6.42. The molecule has 0 radical (unpaired) electrons. The number of aliphatic hydroxyl groups is 1. The molecule has 4 heteroatoms. The number of carbonyl (C=O) groups excluding carboxylic acids is 2. The lowest BCUT2D eigenvalue weighted by molar-refractivity contribution is -0.134. The van der Waals surface area contributed by atoms with Crippen molar-refractivity contribution in [1.29, 1.82) is 0 Å². The fraction of sp³-hybridized carbons (Fsp3) is 0.500. The lowest BCUT2D eigenvalue weighted by atomic mass is 9.64. The molecule has 0 heterocycles. The zero-order chi connectivity index (χ0) is 15.6. The van der Waals surface area contributed by atoms with Crippen LogP contribution in [0.5, 0.6) is 0 Å². The summed E-state index contributed by atoms with van der Waals surface area (Å²) in [5.74, 6) is -0.420. The lowest BCUT2D eigenvalue weighted by Crippen LogP contribution is -2.48. The fourth-order valence-corrected chi connectivity index (χ4v) is 2.41.